The van der Waals surface area contributed by atoms with Crippen LogP contribution in [-0.2, 0) is 0 Å². The summed E-state index contributed by atoms with van der Waals surface area (Å²) in [5, 5.41) is 4.22. The average Bonchev–Trinajstić information content (AvgIpc) is 2.98. The van der Waals surface area contributed by atoms with E-state index in [0.717, 1.165) is 17.1 Å². The molecule has 2 N–H and O–H groups in total. The molecule has 3 rings (SSSR count). The zero-order valence-electron chi connectivity index (χ0n) is 10.5. The molecule has 1 aliphatic rings. The van der Waals surface area contributed by atoms with Crippen LogP contribution in [0.4, 0.5) is 5.82 Å². The molecule has 4 heteroatoms. The lowest BCUT2D eigenvalue weighted by Gasteiger charge is -2.10. The quantitative estimate of drug-likeness (QED) is 0.893. The van der Waals surface area contributed by atoms with Gasteiger partial charge in [-0.05, 0) is 30.7 Å². The van der Waals surface area contributed by atoms with E-state index in [1.54, 1.807) is 11.3 Å². The van der Waals surface area contributed by atoms with Gasteiger partial charge in [-0.25, -0.2) is 9.97 Å². The van der Waals surface area contributed by atoms with E-state index in [-0.39, 0.29) is 0 Å². The molecule has 1 fully saturated rings. The van der Waals surface area contributed by atoms with Crippen LogP contribution in [-0.4, -0.2) is 9.97 Å². The number of aromatic nitrogens is 2. The van der Waals surface area contributed by atoms with Crippen molar-refractivity contribution >= 4 is 17.2 Å². The fourth-order valence-corrected chi connectivity index (χ4v) is 3.45. The van der Waals surface area contributed by atoms with Gasteiger partial charge in [0, 0.05) is 28.6 Å². The minimum Gasteiger partial charge on any atom is -0.384 e. The van der Waals surface area contributed by atoms with Gasteiger partial charge in [0.15, 0.2) is 5.82 Å². The minimum atomic E-state index is 0.577. The Morgan fingerprint density at radius 3 is 2.67 bits per heavy atom. The number of nitrogen functional groups attached to an aromatic ring is 1. The molecule has 2 aromatic rings. The number of anilines is 1. The predicted octanol–water partition coefficient (Wildman–Crippen LogP) is 3.75. The van der Waals surface area contributed by atoms with E-state index in [2.05, 4.69) is 22.7 Å². The predicted molar refractivity (Wildman–Crippen MR) is 75.7 cm³/mol. The molecule has 94 valence electrons. The maximum Gasteiger partial charge on any atom is 0.162 e. The Morgan fingerprint density at radius 2 is 2.00 bits per heavy atom. The first-order chi connectivity index (χ1) is 8.74. The van der Waals surface area contributed by atoms with Gasteiger partial charge in [-0.15, -0.1) is 0 Å². The van der Waals surface area contributed by atoms with Gasteiger partial charge in [0.05, 0.1) is 0 Å². The number of nitrogens with zero attached hydrogens (tertiary/aromatic N) is 2. The number of hydrogen-bond donors (Lipinski definition) is 1. The van der Waals surface area contributed by atoms with Crippen LogP contribution >= 0.6 is 11.3 Å². The number of aryl methyl sites for hydroxylation is 1. The Balaban J connectivity index is 2.03. The Hall–Kier alpha value is -1.42. The van der Waals surface area contributed by atoms with Crippen molar-refractivity contribution in [1.29, 1.82) is 0 Å². The highest BCUT2D eigenvalue weighted by molar-refractivity contribution is 7.08. The molecule has 0 aliphatic heterocycles. The number of hydrogen-bond acceptors (Lipinski definition) is 4. The summed E-state index contributed by atoms with van der Waals surface area (Å²) in [7, 11) is 0. The second kappa shape index (κ2) is 4.69. The summed E-state index contributed by atoms with van der Waals surface area (Å²) in [6.45, 7) is 2.09. The molecule has 0 unspecified atom stereocenters. The van der Waals surface area contributed by atoms with Gasteiger partial charge in [-0.1, -0.05) is 12.8 Å². The van der Waals surface area contributed by atoms with Crippen LogP contribution in [0.5, 0.6) is 0 Å². The molecule has 0 aromatic carbocycles. The van der Waals surface area contributed by atoms with Crippen molar-refractivity contribution in [3.05, 3.63) is 28.1 Å². The topological polar surface area (TPSA) is 51.8 Å². The highest BCUT2D eigenvalue weighted by atomic mass is 32.1. The van der Waals surface area contributed by atoms with Gasteiger partial charge in [0.2, 0.25) is 0 Å². The van der Waals surface area contributed by atoms with Crippen molar-refractivity contribution in [2.45, 2.75) is 38.5 Å². The lowest BCUT2D eigenvalue weighted by molar-refractivity contribution is 0.696. The molecule has 18 heavy (non-hydrogen) atoms. The van der Waals surface area contributed by atoms with Crippen molar-refractivity contribution in [2.75, 3.05) is 5.73 Å². The zero-order valence-corrected chi connectivity index (χ0v) is 11.3. The molecule has 0 radical (unpaired) electrons. The van der Waals surface area contributed by atoms with Crippen molar-refractivity contribution in [1.82, 2.24) is 9.97 Å². The summed E-state index contributed by atoms with van der Waals surface area (Å²) in [4.78, 5) is 9.12. The maximum absolute atomic E-state index is 5.94. The summed E-state index contributed by atoms with van der Waals surface area (Å²) in [5.74, 6) is 1.95. The Kier molecular flexibility index (Phi) is 3.04. The summed E-state index contributed by atoms with van der Waals surface area (Å²) >= 11 is 1.68. The monoisotopic (exact) mass is 259 g/mol. The lowest BCUT2D eigenvalue weighted by Crippen LogP contribution is -2.03. The molecular formula is C14H17N3S. The van der Waals surface area contributed by atoms with E-state index in [0.29, 0.717) is 11.7 Å². The van der Waals surface area contributed by atoms with Crippen LogP contribution in [0, 0.1) is 6.92 Å². The van der Waals surface area contributed by atoms with Gasteiger partial charge < -0.3 is 5.73 Å². The maximum atomic E-state index is 5.94. The smallest absolute Gasteiger partial charge is 0.162 e. The second-order valence-electron chi connectivity index (χ2n) is 4.99. The van der Waals surface area contributed by atoms with Crippen molar-refractivity contribution in [3.8, 4) is 11.4 Å². The van der Waals surface area contributed by atoms with Gasteiger partial charge in [-0.2, -0.15) is 11.3 Å². The molecule has 1 saturated carbocycles. The SMILES string of the molecule is Cc1cscc1-c1nc(N)cc(C2CCCC2)n1. The third kappa shape index (κ3) is 2.12. The first-order valence-electron chi connectivity index (χ1n) is 6.41. The van der Waals surface area contributed by atoms with Crippen molar-refractivity contribution < 1.29 is 0 Å². The van der Waals surface area contributed by atoms with E-state index in [1.165, 1.54) is 31.2 Å². The van der Waals surface area contributed by atoms with Gasteiger partial charge in [0.25, 0.3) is 0 Å². The third-order valence-electron chi connectivity index (χ3n) is 3.64. The Morgan fingerprint density at radius 1 is 1.22 bits per heavy atom. The summed E-state index contributed by atoms with van der Waals surface area (Å²) < 4.78 is 0. The average molecular weight is 259 g/mol. The van der Waals surface area contributed by atoms with Crippen LogP contribution in [0.15, 0.2) is 16.8 Å². The molecule has 0 spiro atoms. The lowest BCUT2D eigenvalue weighted by atomic mass is 10.0. The molecule has 0 atom stereocenters. The molecule has 0 saturated heterocycles. The van der Waals surface area contributed by atoms with E-state index in [4.69, 9.17) is 10.7 Å². The van der Waals surface area contributed by atoms with Crippen molar-refractivity contribution in [3.63, 3.8) is 0 Å². The number of rotatable bonds is 2. The van der Waals surface area contributed by atoms with Gasteiger partial charge in [0.1, 0.15) is 5.82 Å². The van der Waals surface area contributed by atoms with Crippen LogP contribution < -0.4 is 5.73 Å². The molecule has 2 heterocycles. The van der Waals surface area contributed by atoms with Crippen LogP contribution in [0.2, 0.25) is 0 Å². The summed E-state index contributed by atoms with van der Waals surface area (Å²) in [6.07, 6.45) is 5.08. The molecule has 2 aromatic heterocycles. The normalized spacial score (nSPS) is 16.3. The van der Waals surface area contributed by atoms with Gasteiger partial charge in [-0.3, -0.25) is 0 Å². The zero-order chi connectivity index (χ0) is 12.5. The third-order valence-corrected chi connectivity index (χ3v) is 4.50. The summed E-state index contributed by atoms with van der Waals surface area (Å²) in [6, 6.07) is 1.95. The van der Waals surface area contributed by atoms with Crippen LogP contribution in [0.1, 0.15) is 42.9 Å². The standard InChI is InChI=1S/C14H17N3S/c1-9-7-18-8-11(9)14-16-12(6-13(15)17-14)10-4-2-3-5-10/h6-8,10H,2-5H2,1H3,(H2,15,16,17). The van der Waals surface area contributed by atoms with Crippen LogP contribution in [0.3, 0.4) is 0 Å². The minimum absolute atomic E-state index is 0.577. The fraction of sp³-hybridized carbons (Fsp3) is 0.429. The largest absolute Gasteiger partial charge is 0.384 e. The number of nitrogens with two attached hydrogens (primary N) is 1. The van der Waals surface area contributed by atoms with E-state index in [9.17, 15) is 0 Å². The van der Waals surface area contributed by atoms with Gasteiger partial charge >= 0.3 is 0 Å². The first-order valence-corrected chi connectivity index (χ1v) is 7.36. The van der Waals surface area contributed by atoms with Crippen molar-refractivity contribution in [2.24, 2.45) is 0 Å². The fourth-order valence-electron chi connectivity index (χ4n) is 2.63. The van der Waals surface area contributed by atoms with E-state index in [1.807, 2.05) is 6.07 Å². The van der Waals surface area contributed by atoms with E-state index >= 15 is 0 Å². The molecule has 1 aliphatic carbocycles. The molecule has 0 bridgehead atoms. The first kappa shape index (κ1) is 11.7. The summed E-state index contributed by atoms with van der Waals surface area (Å²) in [5.41, 5.74) is 9.40. The Labute approximate surface area is 111 Å². The van der Waals surface area contributed by atoms with Crippen LogP contribution in [0.25, 0.3) is 11.4 Å². The molecular weight excluding hydrogens is 242 g/mol. The highest BCUT2D eigenvalue weighted by Crippen LogP contribution is 2.34. The number of thiophene rings is 1. The second-order valence-corrected chi connectivity index (χ2v) is 5.73. The highest BCUT2D eigenvalue weighted by Gasteiger charge is 2.20. The van der Waals surface area contributed by atoms with E-state index < -0.39 is 0 Å². The molecule has 3 nitrogen and oxygen atoms in total. The Bertz CT molecular complexity index is 556. The molecule has 0 amide bonds.